The Labute approximate surface area is 122 Å². The molecule has 0 bridgehead atoms. The normalized spacial score (nSPS) is 16.2. The molecule has 114 valence electrons. The van der Waals surface area contributed by atoms with E-state index in [1.54, 1.807) is 17.9 Å². The Morgan fingerprint density at radius 3 is 2.81 bits per heavy atom. The zero-order valence-electron chi connectivity index (χ0n) is 12.0. The smallest absolute Gasteiger partial charge is 0.376 e. The number of aromatic nitrogens is 2. The van der Waals surface area contributed by atoms with Crippen LogP contribution in [-0.2, 0) is 14.3 Å². The Morgan fingerprint density at radius 2 is 2.14 bits per heavy atom. The average molecular weight is 294 g/mol. The zero-order chi connectivity index (χ0) is 15.2. The standard InChI is InChI=1S/C13H18N4O4/c1-9(12(18)17-5-7-21-8-6-17)15-10-3-4-14-11(16-10)13(19)20-2/h3-4,9H,5-8H2,1-2H3,(H,14,15,16). The van der Waals surface area contributed by atoms with Gasteiger partial charge in [-0.1, -0.05) is 0 Å². The Hall–Kier alpha value is -2.22. The molecule has 0 aliphatic carbocycles. The SMILES string of the molecule is COC(=O)c1nccc(NC(C)C(=O)N2CCOCC2)n1. The molecule has 0 spiro atoms. The van der Waals surface area contributed by atoms with Gasteiger partial charge in [-0.2, -0.15) is 0 Å². The summed E-state index contributed by atoms with van der Waals surface area (Å²) in [5.74, 6) is -0.296. The molecule has 0 radical (unpaired) electrons. The summed E-state index contributed by atoms with van der Waals surface area (Å²) in [6.07, 6.45) is 1.44. The highest BCUT2D eigenvalue weighted by molar-refractivity contribution is 5.86. The van der Waals surface area contributed by atoms with Crippen LogP contribution in [0.4, 0.5) is 5.82 Å². The molecule has 1 aromatic rings. The summed E-state index contributed by atoms with van der Waals surface area (Å²) in [5.41, 5.74) is 0. The Bertz CT molecular complexity index is 517. The van der Waals surface area contributed by atoms with Crippen molar-refractivity contribution in [2.45, 2.75) is 13.0 Å². The molecular weight excluding hydrogens is 276 g/mol. The van der Waals surface area contributed by atoms with E-state index in [0.717, 1.165) is 0 Å². The molecule has 1 unspecified atom stereocenters. The summed E-state index contributed by atoms with van der Waals surface area (Å²) in [7, 11) is 1.26. The predicted octanol–water partition coefficient (Wildman–Crippen LogP) is -0.0776. The van der Waals surface area contributed by atoms with Crippen molar-refractivity contribution < 1.29 is 19.1 Å². The fourth-order valence-electron chi connectivity index (χ4n) is 1.97. The molecule has 1 aliphatic heterocycles. The fraction of sp³-hybridized carbons (Fsp3) is 0.538. The number of nitrogens with zero attached hydrogens (tertiary/aromatic N) is 3. The van der Waals surface area contributed by atoms with Gasteiger partial charge in [-0.15, -0.1) is 0 Å². The largest absolute Gasteiger partial charge is 0.463 e. The molecule has 1 fully saturated rings. The van der Waals surface area contributed by atoms with Crippen molar-refractivity contribution in [3.8, 4) is 0 Å². The second-order valence-electron chi connectivity index (χ2n) is 4.56. The van der Waals surface area contributed by atoms with Gasteiger partial charge < -0.3 is 19.7 Å². The summed E-state index contributed by atoms with van der Waals surface area (Å²) < 4.78 is 9.77. The maximum absolute atomic E-state index is 12.3. The zero-order valence-corrected chi connectivity index (χ0v) is 12.0. The first-order chi connectivity index (χ1) is 10.1. The van der Waals surface area contributed by atoms with Gasteiger partial charge >= 0.3 is 5.97 Å². The van der Waals surface area contributed by atoms with Crippen LogP contribution in [0.5, 0.6) is 0 Å². The minimum atomic E-state index is -0.620. The van der Waals surface area contributed by atoms with Gasteiger partial charge in [0.05, 0.1) is 20.3 Å². The monoisotopic (exact) mass is 294 g/mol. The number of amides is 1. The van der Waals surface area contributed by atoms with Crippen molar-refractivity contribution in [2.24, 2.45) is 0 Å². The number of anilines is 1. The van der Waals surface area contributed by atoms with Crippen LogP contribution in [0.2, 0.25) is 0 Å². The van der Waals surface area contributed by atoms with E-state index in [2.05, 4.69) is 20.0 Å². The first-order valence-electron chi connectivity index (χ1n) is 6.66. The Balaban J connectivity index is 2.00. The molecule has 1 atom stereocenters. The van der Waals surface area contributed by atoms with Crippen LogP contribution in [0.3, 0.4) is 0 Å². The Kier molecular flexibility index (Phi) is 5.04. The molecule has 2 rings (SSSR count). The lowest BCUT2D eigenvalue weighted by atomic mass is 10.2. The number of ether oxygens (including phenoxy) is 2. The predicted molar refractivity (Wildman–Crippen MR) is 73.9 cm³/mol. The molecule has 1 N–H and O–H groups in total. The Morgan fingerprint density at radius 1 is 1.43 bits per heavy atom. The van der Waals surface area contributed by atoms with Crippen LogP contribution in [0.15, 0.2) is 12.3 Å². The molecular formula is C13H18N4O4. The average Bonchev–Trinajstić information content (AvgIpc) is 2.54. The van der Waals surface area contributed by atoms with E-state index < -0.39 is 12.0 Å². The van der Waals surface area contributed by atoms with E-state index in [0.29, 0.717) is 32.1 Å². The second kappa shape index (κ2) is 6.98. The number of morpholine rings is 1. The molecule has 21 heavy (non-hydrogen) atoms. The number of rotatable bonds is 4. The van der Waals surface area contributed by atoms with E-state index in [-0.39, 0.29) is 11.7 Å². The quantitative estimate of drug-likeness (QED) is 0.776. The summed E-state index contributed by atoms with van der Waals surface area (Å²) in [6, 6.07) is 1.14. The van der Waals surface area contributed by atoms with E-state index in [1.165, 1.54) is 13.3 Å². The number of hydrogen-bond donors (Lipinski definition) is 1. The number of esters is 1. The van der Waals surface area contributed by atoms with Gasteiger partial charge in [0.1, 0.15) is 11.9 Å². The molecule has 1 amide bonds. The highest BCUT2D eigenvalue weighted by Gasteiger charge is 2.22. The van der Waals surface area contributed by atoms with Crippen LogP contribution in [-0.4, -0.2) is 66.2 Å². The number of hydrogen-bond acceptors (Lipinski definition) is 7. The molecule has 1 saturated heterocycles. The van der Waals surface area contributed by atoms with E-state index in [4.69, 9.17) is 4.74 Å². The highest BCUT2D eigenvalue weighted by atomic mass is 16.5. The van der Waals surface area contributed by atoms with Crippen molar-refractivity contribution in [3.05, 3.63) is 18.1 Å². The molecule has 8 nitrogen and oxygen atoms in total. The lowest BCUT2D eigenvalue weighted by molar-refractivity contribution is -0.135. The third kappa shape index (κ3) is 3.88. The minimum absolute atomic E-state index is 0.0310. The minimum Gasteiger partial charge on any atom is -0.463 e. The van der Waals surface area contributed by atoms with Crippen LogP contribution in [0, 0.1) is 0 Å². The first-order valence-corrected chi connectivity index (χ1v) is 6.66. The number of methoxy groups -OCH3 is 1. The third-order valence-electron chi connectivity index (χ3n) is 3.08. The molecule has 1 aliphatic rings. The molecule has 2 heterocycles. The van der Waals surface area contributed by atoms with E-state index in [9.17, 15) is 9.59 Å². The lowest BCUT2D eigenvalue weighted by Crippen LogP contribution is -2.47. The topological polar surface area (TPSA) is 93.6 Å². The van der Waals surface area contributed by atoms with Gasteiger partial charge in [-0.05, 0) is 13.0 Å². The number of nitrogens with one attached hydrogen (secondary N) is 1. The van der Waals surface area contributed by atoms with Gasteiger partial charge in [0, 0.05) is 19.3 Å². The van der Waals surface area contributed by atoms with E-state index >= 15 is 0 Å². The van der Waals surface area contributed by atoms with Gasteiger partial charge in [0.2, 0.25) is 11.7 Å². The number of carbonyl (C=O) groups is 2. The maximum atomic E-state index is 12.3. The lowest BCUT2D eigenvalue weighted by Gasteiger charge is -2.29. The first kappa shape index (κ1) is 15.2. The van der Waals surface area contributed by atoms with Crippen molar-refractivity contribution in [2.75, 3.05) is 38.7 Å². The molecule has 0 aromatic carbocycles. The molecule has 1 aromatic heterocycles. The van der Waals surface area contributed by atoms with Crippen molar-refractivity contribution in [1.82, 2.24) is 14.9 Å². The summed E-state index contributed by atoms with van der Waals surface area (Å²) in [4.78, 5) is 33.2. The van der Waals surface area contributed by atoms with E-state index in [1.807, 2.05) is 0 Å². The molecule has 0 saturated carbocycles. The number of carbonyl (C=O) groups excluding carboxylic acids is 2. The van der Waals surface area contributed by atoms with Crippen molar-refractivity contribution in [1.29, 1.82) is 0 Å². The van der Waals surface area contributed by atoms with Crippen LogP contribution in [0.1, 0.15) is 17.5 Å². The third-order valence-corrected chi connectivity index (χ3v) is 3.08. The summed E-state index contributed by atoms with van der Waals surface area (Å²) in [5, 5.41) is 2.97. The fourth-order valence-corrected chi connectivity index (χ4v) is 1.97. The van der Waals surface area contributed by atoms with Gasteiger partial charge in [-0.25, -0.2) is 14.8 Å². The van der Waals surface area contributed by atoms with Gasteiger partial charge in [0.15, 0.2) is 0 Å². The maximum Gasteiger partial charge on any atom is 0.376 e. The van der Waals surface area contributed by atoms with Crippen LogP contribution < -0.4 is 5.32 Å². The molecule has 8 heteroatoms. The van der Waals surface area contributed by atoms with Crippen molar-refractivity contribution in [3.63, 3.8) is 0 Å². The van der Waals surface area contributed by atoms with Gasteiger partial charge in [-0.3, -0.25) is 4.79 Å². The second-order valence-corrected chi connectivity index (χ2v) is 4.56. The highest BCUT2D eigenvalue weighted by Crippen LogP contribution is 2.08. The summed E-state index contributed by atoms with van der Waals surface area (Å²) >= 11 is 0. The van der Waals surface area contributed by atoms with Crippen LogP contribution >= 0.6 is 0 Å². The van der Waals surface area contributed by atoms with Crippen LogP contribution in [0.25, 0.3) is 0 Å². The summed E-state index contributed by atoms with van der Waals surface area (Å²) in [6.45, 7) is 4.03. The van der Waals surface area contributed by atoms with Gasteiger partial charge in [0.25, 0.3) is 0 Å². The van der Waals surface area contributed by atoms with Crippen molar-refractivity contribution >= 4 is 17.7 Å².